The van der Waals surface area contributed by atoms with Gasteiger partial charge in [-0.2, -0.15) is 5.10 Å². The zero-order chi connectivity index (χ0) is 21.5. The van der Waals surface area contributed by atoms with E-state index in [0.717, 1.165) is 50.2 Å². The van der Waals surface area contributed by atoms with Gasteiger partial charge in [-0.15, -0.1) is 0 Å². The van der Waals surface area contributed by atoms with Crippen LogP contribution in [0, 0.1) is 0 Å². The maximum absolute atomic E-state index is 5.39. The van der Waals surface area contributed by atoms with Crippen molar-refractivity contribution in [2.75, 3.05) is 7.11 Å². The number of ether oxygens (including phenoxy) is 1. The summed E-state index contributed by atoms with van der Waals surface area (Å²) >= 11 is 0. The summed E-state index contributed by atoms with van der Waals surface area (Å²) in [5.74, 6) is 1.45. The predicted octanol–water partition coefficient (Wildman–Crippen LogP) is 4.63. The highest BCUT2D eigenvalue weighted by Gasteiger charge is 2.17. The molecule has 4 heterocycles. The van der Waals surface area contributed by atoms with Gasteiger partial charge in [0.25, 0.3) is 0 Å². The summed E-state index contributed by atoms with van der Waals surface area (Å²) in [5.41, 5.74) is 7.65. The minimum atomic E-state index is 0.649. The number of nitrogens with zero attached hydrogens (tertiary/aromatic N) is 5. The summed E-state index contributed by atoms with van der Waals surface area (Å²) in [6, 6.07) is 17.9. The first-order valence-electron chi connectivity index (χ1n) is 10.0. The molecule has 154 valence electrons. The lowest BCUT2D eigenvalue weighted by Gasteiger charge is -2.05. The standard InChI is InChI=1S/C24H17N7O/c1-32-16-5-2-4-14(10-16)17-6-3-7-19-21(17)29-24(28-19)23-22-20(30-31-23)9-8-18(27-22)15-11-25-13-26-12-15/h2-13H,1H3,(H,28,29)(H,30,31). The Labute approximate surface area is 182 Å². The quantitative estimate of drug-likeness (QED) is 0.431. The molecule has 6 aromatic rings. The number of H-pyrrole nitrogens is 2. The van der Waals surface area contributed by atoms with Crippen LogP contribution >= 0.6 is 0 Å². The molecule has 2 aromatic carbocycles. The minimum Gasteiger partial charge on any atom is -0.497 e. The molecule has 0 saturated heterocycles. The van der Waals surface area contributed by atoms with Crippen LogP contribution in [-0.2, 0) is 0 Å². The Morgan fingerprint density at radius 2 is 1.69 bits per heavy atom. The van der Waals surface area contributed by atoms with E-state index in [4.69, 9.17) is 14.7 Å². The second-order valence-electron chi connectivity index (χ2n) is 7.31. The SMILES string of the molecule is COc1cccc(-c2cccc3[nH]c(-c4n[nH]c5ccc(-c6cncnc6)nc45)nc23)c1. The third kappa shape index (κ3) is 2.97. The zero-order valence-electron chi connectivity index (χ0n) is 17.1. The number of benzene rings is 2. The number of hydrogen-bond acceptors (Lipinski definition) is 6. The van der Waals surface area contributed by atoms with Crippen LogP contribution in [0.15, 0.2) is 73.3 Å². The first kappa shape index (κ1) is 18.2. The monoisotopic (exact) mass is 419 g/mol. The number of fused-ring (bicyclic) bond motifs is 2. The molecule has 0 amide bonds. The van der Waals surface area contributed by atoms with Gasteiger partial charge in [-0.1, -0.05) is 24.3 Å². The average Bonchev–Trinajstić information content (AvgIpc) is 3.48. The van der Waals surface area contributed by atoms with E-state index in [-0.39, 0.29) is 0 Å². The molecule has 32 heavy (non-hydrogen) atoms. The van der Waals surface area contributed by atoms with E-state index in [2.05, 4.69) is 31.2 Å². The van der Waals surface area contributed by atoms with Gasteiger partial charge in [-0.05, 0) is 35.9 Å². The summed E-state index contributed by atoms with van der Waals surface area (Å²) in [5, 5.41) is 7.54. The summed E-state index contributed by atoms with van der Waals surface area (Å²) < 4.78 is 5.39. The Morgan fingerprint density at radius 3 is 2.56 bits per heavy atom. The van der Waals surface area contributed by atoms with Gasteiger partial charge in [0.2, 0.25) is 0 Å². The van der Waals surface area contributed by atoms with E-state index in [1.165, 1.54) is 6.33 Å². The van der Waals surface area contributed by atoms with Crippen LogP contribution in [0.3, 0.4) is 0 Å². The van der Waals surface area contributed by atoms with Gasteiger partial charge in [0.15, 0.2) is 11.5 Å². The van der Waals surface area contributed by atoms with E-state index in [0.29, 0.717) is 11.5 Å². The van der Waals surface area contributed by atoms with Crippen molar-refractivity contribution in [3.8, 4) is 39.7 Å². The number of aromatic amines is 2. The average molecular weight is 419 g/mol. The molecule has 0 unspecified atom stereocenters. The predicted molar refractivity (Wildman–Crippen MR) is 122 cm³/mol. The molecule has 6 rings (SSSR count). The fourth-order valence-electron chi connectivity index (χ4n) is 3.82. The van der Waals surface area contributed by atoms with Crippen molar-refractivity contribution in [2.24, 2.45) is 0 Å². The van der Waals surface area contributed by atoms with E-state index >= 15 is 0 Å². The van der Waals surface area contributed by atoms with Gasteiger partial charge >= 0.3 is 0 Å². The van der Waals surface area contributed by atoms with Gasteiger partial charge in [0, 0.05) is 23.5 Å². The molecule has 8 nitrogen and oxygen atoms in total. The second kappa shape index (κ2) is 7.28. The fourth-order valence-corrected chi connectivity index (χ4v) is 3.82. The molecule has 0 fully saturated rings. The summed E-state index contributed by atoms with van der Waals surface area (Å²) in [6.07, 6.45) is 4.98. The van der Waals surface area contributed by atoms with Crippen molar-refractivity contribution in [3.63, 3.8) is 0 Å². The highest BCUT2D eigenvalue weighted by Crippen LogP contribution is 2.32. The highest BCUT2D eigenvalue weighted by molar-refractivity contribution is 5.96. The Morgan fingerprint density at radius 1 is 0.812 bits per heavy atom. The van der Waals surface area contributed by atoms with E-state index in [9.17, 15) is 0 Å². The number of aromatic nitrogens is 7. The van der Waals surface area contributed by atoms with Crippen LogP contribution in [0.2, 0.25) is 0 Å². The number of rotatable bonds is 4. The van der Waals surface area contributed by atoms with Crippen molar-refractivity contribution in [2.45, 2.75) is 0 Å². The molecular formula is C24H17N7O. The lowest BCUT2D eigenvalue weighted by Crippen LogP contribution is -1.88. The molecule has 0 spiro atoms. The number of imidazole rings is 1. The largest absolute Gasteiger partial charge is 0.497 e. The normalized spacial score (nSPS) is 11.3. The van der Waals surface area contributed by atoms with Crippen LogP contribution in [0.25, 0.3) is 56.0 Å². The van der Waals surface area contributed by atoms with Crippen LogP contribution in [-0.4, -0.2) is 42.2 Å². The van der Waals surface area contributed by atoms with Gasteiger partial charge in [0.05, 0.1) is 29.4 Å². The molecule has 0 aliphatic heterocycles. The third-order valence-corrected chi connectivity index (χ3v) is 5.38. The fraction of sp³-hybridized carbons (Fsp3) is 0.0417. The maximum atomic E-state index is 5.39. The number of methoxy groups -OCH3 is 1. The first-order valence-corrected chi connectivity index (χ1v) is 10.0. The van der Waals surface area contributed by atoms with E-state index in [1.807, 2.05) is 48.5 Å². The van der Waals surface area contributed by atoms with Crippen molar-refractivity contribution < 1.29 is 4.74 Å². The Kier molecular flexibility index (Phi) is 4.14. The number of pyridine rings is 1. The Balaban J connectivity index is 1.50. The van der Waals surface area contributed by atoms with Gasteiger partial charge in [0.1, 0.15) is 17.6 Å². The molecule has 0 aliphatic carbocycles. The topological polar surface area (TPSA) is 105 Å². The van der Waals surface area contributed by atoms with E-state index < -0.39 is 0 Å². The smallest absolute Gasteiger partial charge is 0.161 e. The first-order chi connectivity index (χ1) is 15.8. The van der Waals surface area contributed by atoms with Crippen LogP contribution < -0.4 is 4.74 Å². The number of nitrogens with one attached hydrogen (secondary N) is 2. The van der Waals surface area contributed by atoms with Crippen molar-refractivity contribution in [1.29, 1.82) is 0 Å². The van der Waals surface area contributed by atoms with Crippen molar-refractivity contribution in [1.82, 2.24) is 35.1 Å². The molecule has 0 aliphatic rings. The summed E-state index contributed by atoms with van der Waals surface area (Å²) in [6.45, 7) is 0. The van der Waals surface area contributed by atoms with Crippen molar-refractivity contribution >= 4 is 22.1 Å². The van der Waals surface area contributed by atoms with Crippen LogP contribution in [0.4, 0.5) is 0 Å². The van der Waals surface area contributed by atoms with Crippen LogP contribution in [0.1, 0.15) is 0 Å². The molecule has 4 aromatic heterocycles. The molecule has 0 bridgehead atoms. The molecular weight excluding hydrogens is 402 g/mol. The van der Waals surface area contributed by atoms with Gasteiger partial charge in [-0.3, -0.25) is 5.10 Å². The Hall–Kier alpha value is -4.59. The molecule has 0 radical (unpaired) electrons. The summed E-state index contributed by atoms with van der Waals surface area (Å²) in [7, 11) is 1.66. The Bertz CT molecular complexity index is 1570. The second-order valence-corrected chi connectivity index (χ2v) is 7.31. The zero-order valence-corrected chi connectivity index (χ0v) is 17.1. The molecule has 2 N–H and O–H groups in total. The minimum absolute atomic E-state index is 0.649. The van der Waals surface area contributed by atoms with Crippen LogP contribution in [0.5, 0.6) is 5.75 Å². The third-order valence-electron chi connectivity index (χ3n) is 5.38. The number of para-hydroxylation sites is 1. The maximum Gasteiger partial charge on any atom is 0.161 e. The lowest BCUT2D eigenvalue weighted by molar-refractivity contribution is 0.415. The van der Waals surface area contributed by atoms with E-state index in [1.54, 1.807) is 19.5 Å². The summed E-state index contributed by atoms with van der Waals surface area (Å²) in [4.78, 5) is 21.3. The number of hydrogen-bond donors (Lipinski definition) is 2. The van der Waals surface area contributed by atoms with Gasteiger partial charge < -0.3 is 9.72 Å². The lowest BCUT2D eigenvalue weighted by atomic mass is 10.0. The molecule has 8 heteroatoms. The molecule has 0 saturated carbocycles. The van der Waals surface area contributed by atoms with Gasteiger partial charge in [-0.25, -0.2) is 19.9 Å². The molecule has 0 atom stereocenters. The highest BCUT2D eigenvalue weighted by atomic mass is 16.5. The van der Waals surface area contributed by atoms with Crippen molar-refractivity contribution in [3.05, 3.63) is 73.3 Å².